The summed E-state index contributed by atoms with van der Waals surface area (Å²) in [5.41, 5.74) is 3.09. The van der Waals surface area contributed by atoms with Crippen molar-refractivity contribution in [3.05, 3.63) is 27.7 Å². The van der Waals surface area contributed by atoms with Crippen LogP contribution in [0.1, 0.15) is 38.3 Å². The topological polar surface area (TPSA) is 41.6 Å². The Morgan fingerprint density at radius 1 is 1.32 bits per heavy atom. The van der Waals surface area contributed by atoms with Crippen LogP contribution in [-0.2, 0) is 4.74 Å². The second-order valence-electron chi connectivity index (χ2n) is 6.98. The van der Waals surface area contributed by atoms with Crippen LogP contribution in [0.4, 0.5) is 10.5 Å². The Bertz CT molecular complexity index is 543. The van der Waals surface area contributed by atoms with Gasteiger partial charge in [-0.1, -0.05) is 15.9 Å². The number of benzene rings is 1. The molecule has 1 aromatic rings. The molecule has 0 aliphatic carbocycles. The second-order valence-corrected chi connectivity index (χ2v) is 7.77. The number of ether oxygens (including phenoxy) is 1. The number of anilines is 1. The fourth-order valence-electron chi connectivity index (χ4n) is 2.64. The van der Waals surface area contributed by atoms with Gasteiger partial charge in [0.15, 0.2) is 0 Å². The molecule has 1 unspecified atom stereocenters. The molecule has 1 aromatic carbocycles. The third-order valence-electron chi connectivity index (χ3n) is 3.65. The number of halogens is 1. The van der Waals surface area contributed by atoms with Gasteiger partial charge < -0.3 is 15.0 Å². The van der Waals surface area contributed by atoms with Crippen molar-refractivity contribution in [2.24, 2.45) is 0 Å². The van der Waals surface area contributed by atoms with Crippen molar-refractivity contribution < 1.29 is 9.53 Å². The van der Waals surface area contributed by atoms with Gasteiger partial charge in [0.2, 0.25) is 0 Å². The van der Waals surface area contributed by atoms with E-state index in [-0.39, 0.29) is 12.1 Å². The number of amides is 1. The number of hydrogen-bond acceptors (Lipinski definition) is 3. The van der Waals surface area contributed by atoms with Gasteiger partial charge in [-0.05, 0) is 64.3 Å². The van der Waals surface area contributed by atoms with Crippen LogP contribution < -0.4 is 5.32 Å². The molecule has 1 aliphatic rings. The monoisotopic (exact) mass is 368 g/mol. The summed E-state index contributed by atoms with van der Waals surface area (Å²) in [5, 5.41) is 3.53. The molecule has 1 heterocycles. The molecule has 0 spiro atoms. The fraction of sp³-hybridized carbons (Fsp3) is 0.588. The lowest BCUT2D eigenvalue weighted by Crippen LogP contribution is -2.36. The summed E-state index contributed by atoms with van der Waals surface area (Å²) in [5.74, 6) is 0. The molecule has 1 fully saturated rings. The zero-order valence-electron chi connectivity index (χ0n) is 14.0. The van der Waals surface area contributed by atoms with Crippen LogP contribution in [0.2, 0.25) is 0 Å². The maximum Gasteiger partial charge on any atom is 0.410 e. The van der Waals surface area contributed by atoms with Gasteiger partial charge in [-0.15, -0.1) is 0 Å². The first kappa shape index (κ1) is 17.1. The van der Waals surface area contributed by atoms with Crippen LogP contribution in [-0.4, -0.2) is 35.7 Å². The van der Waals surface area contributed by atoms with Crippen LogP contribution in [0.25, 0.3) is 0 Å². The zero-order chi connectivity index (χ0) is 16.5. The highest BCUT2D eigenvalue weighted by Gasteiger charge is 2.29. The standard InChI is InChI=1S/C17H25BrN2O2/c1-11-8-14(9-12(2)15(11)18)19-13-6-7-20(10-13)16(21)22-17(3,4)5/h8-9,13,19H,6-7,10H2,1-5H3. The highest BCUT2D eigenvalue weighted by molar-refractivity contribution is 9.10. The number of carbonyl (C=O) groups excluding carboxylic acids is 1. The molecule has 2 rings (SSSR count). The molecular weight excluding hydrogens is 344 g/mol. The van der Waals surface area contributed by atoms with Gasteiger partial charge in [0.25, 0.3) is 0 Å². The third kappa shape index (κ3) is 4.38. The van der Waals surface area contributed by atoms with E-state index in [1.54, 1.807) is 4.90 Å². The summed E-state index contributed by atoms with van der Waals surface area (Å²) >= 11 is 3.59. The van der Waals surface area contributed by atoms with E-state index in [0.717, 1.165) is 23.1 Å². The number of likely N-dealkylation sites (tertiary alicyclic amines) is 1. The van der Waals surface area contributed by atoms with Crippen LogP contribution in [0.15, 0.2) is 16.6 Å². The van der Waals surface area contributed by atoms with Crippen LogP contribution in [0.5, 0.6) is 0 Å². The predicted molar refractivity (Wildman–Crippen MR) is 93.5 cm³/mol. The van der Waals surface area contributed by atoms with Crippen molar-refractivity contribution in [3.63, 3.8) is 0 Å². The SMILES string of the molecule is Cc1cc(NC2CCN(C(=O)OC(C)(C)C)C2)cc(C)c1Br. The number of nitrogens with zero attached hydrogens (tertiary/aromatic N) is 1. The average Bonchev–Trinajstić information content (AvgIpc) is 2.82. The molecule has 1 N–H and O–H groups in total. The summed E-state index contributed by atoms with van der Waals surface area (Å²) < 4.78 is 6.58. The molecule has 0 radical (unpaired) electrons. The zero-order valence-corrected chi connectivity index (χ0v) is 15.6. The Balaban J connectivity index is 1.95. The van der Waals surface area contributed by atoms with E-state index in [0.29, 0.717) is 6.54 Å². The smallest absolute Gasteiger partial charge is 0.410 e. The maximum absolute atomic E-state index is 12.1. The minimum atomic E-state index is -0.442. The van der Waals surface area contributed by atoms with E-state index in [9.17, 15) is 4.79 Å². The fourth-order valence-corrected chi connectivity index (χ4v) is 2.86. The number of rotatable bonds is 2. The molecule has 1 saturated heterocycles. The summed E-state index contributed by atoms with van der Waals surface area (Å²) in [7, 11) is 0. The lowest BCUT2D eigenvalue weighted by Gasteiger charge is -2.24. The van der Waals surface area contributed by atoms with E-state index >= 15 is 0 Å². The van der Waals surface area contributed by atoms with Crippen molar-refractivity contribution in [2.75, 3.05) is 18.4 Å². The Morgan fingerprint density at radius 3 is 2.45 bits per heavy atom. The van der Waals surface area contributed by atoms with Gasteiger partial charge in [-0.3, -0.25) is 0 Å². The molecular formula is C17H25BrN2O2. The first-order valence-corrected chi connectivity index (χ1v) is 8.46. The van der Waals surface area contributed by atoms with Crippen LogP contribution in [0, 0.1) is 13.8 Å². The van der Waals surface area contributed by atoms with Crippen molar-refractivity contribution in [2.45, 2.75) is 52.7 Å². The number of hydrogen-bond donors (Lipinski definition) is 1. The summed E-state index contributed by atoms with van der Waals surface area (Å²) in [4.78, 5) is 13.9. The Morgan fingerprint density at radius 2 is 1.91 bits per heavy atom. The highest BCUT2D eigenvalue weighted by atomic mass is 79.9. The third-order valence-corrected chi connectivity index (χ3v) is 4.90. The van der Waals surface area contributed by atoms with Gasteiger partial charge >= 0.3 is 6.09 Å². The summed E-state index contributed by atoms with van der Waals surface area (Å²) in [6.45, 7) is 11.3. The van der Waals surface area contributed by atoms with E-state index in [1.807, 2.05) is 20.8 Å². The minimum Gasteiger partial charge on any atom is -0.444 e. The van der Waals surface area contributed by atoms with E-state index in [1.165, 1.54) is 11.1 Å². The Kier molecular flexibility index (Phi) is 5.05. The van der Waals surface area contributed by atoms with Crippen LogP contribution >= 0.6 is 15.9 Å². The molecule has 122 valence electrons. The maximum atomic E-state index is 12.1. The average molecular weight is 369 g/mol. The Hall–Kier alpha value is -1.23. The summed E-state index contributed by atoms with van der Waals surface area (Å²) in [6.07, 6.45) is 0.716. The van der Waals surface area contributed by atoms with E-state index in [2.05, 4.69) is 47.2 Å². The normalized spacial score (nSPS) is 18.5. The number of nitrogens with one attached hydrogen (secondary N) is 1. The van der Waals surface area contributed by atoms with Gasteiger partial charge in [0.1, 0.15) is 5.60 Å². The van der Waals surface area contributed by atoms with Gasteiger partial charge in [-0.2, -0.15) is 0 Å². The largest absolute Gasteiger partial charge is 0.444 e. The van der Waals surface area contributed by atoms with Crippen molar-refractivity contribution in [1.82, 2.24) is 4.90 Å². The molecule has 0 bridgehead atoms. The molecule has 1 amide bonds. The van der Waals surface area contributed by atoms with Crippen LogP contribution in [0.3, 0.4) is 0 Å². The van der Waals surface area contributed by atoms with Crippen molar-refractivity contribution in [3.8, 4) is 0 Å². The first-order chi connectivity index (χ1) is 10.2. The molecule has 0 saturated carbocycles. The van der Waals surface area contributed by atoms with Gasteiger partial charge in [0, 0.05) is 29.3 Å². The molecule has 1 aliphatic heterocycles. The highest BCUT2D eigenvalue weighted by Crippen LogP contribution is 2.26. The quantitative estimate of drug-likeness (QED) is 0.835. The van der Waals surface area contributed by atoms with E-state index in [4.69, 9.17) is 4.74 Å². The molecule has 1 atom stereocenters. The first-order valence-electron chi connectivity index (χ1n) is 7.67. The van der Waals surface area contributed by atoms with E-state index < -0.39 is 5.60 Å². The van der Waals surface area contributed by atoms with Gasteiger partial charge in [-0.25, -0.2) is 4.79 Å². The molecule has 22 heavy (non-hydrogen) atoms. The van der Waals surface area contributed by atoms with Gasteiger partial charge in [0.05, 0.1) is 0 Å². The van der Waals surface area contributed by atoms with Crippen molar-refractivity contribution in [1.29, 1.82) is 0 Å². The molecule has 5 heteroatoms. The number of carbonyl (C=O) groups is 1. The predicted octanol–water partition coefficient (Wildman–Crippen LogP) is 4.49. The number of aryl methyl sites for hydroxylation is 2. The van der Waals surface area contributed by atoms with Crippen molar-refractivity contribution >= 4 is 27.7 Å². The summed E-state index contributed by atoms with van der Waals surface area (Å²) in [6, 6.07) is 4.54. The lowest BCUT2D eigenvalue weighted by molar-refractivity contribution is 0.0293. The molecule has 0 aromatic heterocycles. The molecule has 4 nitrogen and oxygen atoms in total. The second kappa shape index (κ2) is 6.49. The Labute approximate surface area is 141 Å². The lowest BCUT2D eigenvalue weighted by atomic mass is 10.1. The minimum absolute atomic E-state index is 0.222.